The molecule has 1 aliphatic rings. The van der Waals surface area contributed by atoms with Crippen LogP contribution < -0.4 is 20.1 Å². The molecule has 2 aromatic carbocycles. The largest absolute Gasteiger partial charge is 0.490 e. The lowest BCUT2D eigenvalue weighted by molar-refractivity contribution is 0.297. The van der Waals surface area contributed by atoms with Gasteiger partial charge in [-0.3, -0.25) is 4.99 Å². The van der Waals surface area contributed by atoms with Gasteiger partial charge in [-0.2, -0.15) is 0 Å². The van der Waals surface area contributed by atoms with Gasteiger partial charge in [-0.15, -0.1) is 24.0 Å². The van der Waals surface area contributed by atoms with Crippen molar-refractivity contribution in [1.82, 2.24) is 10.6 Å². The number of hydrogen-bond donors (Lipinski definition) is 2. The minimum Gasteiger partial charge on any atom is -0.490 e. The summed E-state index contributed by atoms with van der Waals surface area (Å²) >= 11 is 0. The summed E-state index contributed by atoms with van der Waals surface area (Å²) in [5.74, 6) is 2.01. The highest BCUT2D eigenvalue weighted by molar-refractivity contribution is 14.0. The van der Waals surface area contributed by atoms with Crippen LogP contribution in [0.5, 0.6) is 11.5 Å². The van der Waals surface area contributed by atoms with Gasteiger partial charge in [0, 0.05) is 20.0 Å². The van der Waals surface area contributed by atoms with Gasteiger partial charge in [-0.05, 0) is 48.7 Å². The normalized spacial score (nSPS) is 14.5. The highest BCUT2D eigenvalue weighted by Crippen LogP contribution is 2.30. The zero-order valence-corrected chi connectivity index (χ0v) is 18.8. The van der Waals surface area contributed by atoms with Gasteiger partial charge in [0.05, 0.1) is 19.3 Å². The standard InChI is InChI=1S/C21H26FN3O2.HI/c1-14-5-7-17(12-18(14)22)15(2)25-21(23-3)24-13-16-6-8-19-20(11-16)27-10-4-9-26-19;/h5-8,11-12,15H,4,9-10,13H2,1-3H3,(H2,23,24,25);1H. The second kappa shape index (κ2) is 10.5. The second-order valence-electron chi connectivity index (χ2n) is 6.63. The smallest absolute Gasteiger partial charge is 0.191 e. The van der Waals surface area contributed by atoms with Gasteiger partial charge in [0.1, 0.15) is 5.82 Å². The van der Waals surface area contributed by atoms with Crippen LogP contribution in [0.4, 0.5) is 4.39 Å². The summed E-state index contributed by atoms with van der Waals surface area (Å²) in [4.78, 5) is 4.26. The van der Waals surface area contributed by atoms with Gasteiger partial charge >= 0.3 is 0 Å². The number of nitrogens with zero attached hydrogens (tertiary/aromatic N) is 1. The Kier molecular flexibility index (Phi) is 8.35. The van der Waals surface area contributed by atoms with Gasteiger partial charge in [0.15, 0.2) is 17.5 Å². The SMILES string of the molecule is CN=C(NCc1ccc2c(c1)OCCCO2)NC(C)c1ccc(C)c(F)c1.I. The Balaban J connectivity index is 0.00000280. The maximum absolute atomic E-state index is 13.8. The van der Waals surface area contributed by atoms with Gasteiger partial charge in [-0.1, -0.05) is 18.2 Å². The maximum atomic E-state index is 13.8. The van der Waals surface area contributed by atoms with Crippen LogP contribution in [0.15, 0.2) is 41.4 Å². The first-order valence-corrected chi connectivity index (χ1v) is 9.18. The van der Waals surface area contributed by atoms with Gasteiger partial charge < -0.3 is 20.1 Å². The predicted octanol–water partition coefficient (Wildman–Crippen LogP) is 4.34. The maximum Gasteiger partial charge on any atom is 0.191 e. The average Bonchev–Trinajstić information content (AvgIpc) is 2.92. The molecule has 5 nitrogen and oxygen atoms in total. The molecule has 0 aliphatic carbocycles. The monoisotopic (exact) mass is 499 g/mol. The van der Waals surface area contributed by atoms with Crippen molar-refractivity contribution < 1.29 is 13.9 Å². The van der Waals surface area contributed by atoms with Crippen molar-refractivity contribution in [3.63, 3.8) is 0 Å². The quantitative estimate of drug-likeness (QED) is 0.374. The van der Waals surface area contributed by atoms with Crippen LogP contribution in [0.3, 0.4) is 0 Å². The number of nitrogens with one attached hydrogen (secondary N) is 2. The molecule has 0 bridgehead atoms. The number of ether oxygens (including phenoxy) is 2. The fourth-order valence-electron chi connectivity index (χ4n) is 2.86. The van der Waals surface area contributed by atoms with Crippen LogP contribution in [-0.2, 0) is 6.54 Å². The molecule has 0 spiro atoms. The molecule has 0 amide bonds. The summed E-state index contributed by atoms with van der Waals surface area (Å²) in [6.07, 6.45) is 0.885. The van der Waals surface area contributed by atoms with E-state index in [4.69, 9.17) is 9.47 Å². The first-order chi connectivity index (χ1) is 13.1. The lowest BCUT2D eigenvalue weighted by atomic mass is 10.1. The van der Waals surface area contributed by atoms with Crippen molar-refractivity contribution in [2.45, 2.75) is 32.9 Å². The Labute approximate surface area is 182 Å². The Morgan fingerprint density at radius 3 is 2.61 bits per heavy atom. The first-order valence-electron chi connectivity index (χ1n) is 9.18. The molecule has 0 radical (unpaired) electrons. The van der Waals surface area contributed by atoms with E-state index in [1.807, 2.05) is 31.2 Å². The summed E-state index contributed by atoms with van der Waals surface area (Å²) < 4.78 is 25.2. The number of halogens is 2. The van der Waals surface area contributed by atoms with E-state index in [1.54, 1.807) is 26.1 Å². The summed E-state index contributed by atoms with van der Waals surface area (Å²) in [7, 11) is 1.71. The van der Waals surface area contributed by atoms with Gasteiger partial charge in [0.2, 0.25) is 0 Å². The third-order valence-corrected chi connectivity index (χ3v) is 4.54. The summed E-state index contributed by atoms with van der Waals surface area (Å²) in [5, 5.41) is 6.57. The lowest BCUT2D eigenvalue weighted by Gasteiger charge is -2.19. The molecule has 28 heavy (non-hydrogen) atoms. The summed E-state index contributed by atoms with van der Waals surface area (Å²) in [6, 6.07) is 11.1. The van der Waals surface area contributed by atoms with Gasteiger partial charge in [-0.25, -0.2) is 4.39 Å². The van der Waals surface area contributed by atoms with E-state index in [-0.39, 0.29) is 35.8 Å². The van der Waals surface area contributed by atoms with Crippen LogP contribution in [-0.4, -0.2) is 26.2 Å². The van der Waals surface area contributed by atoms with Crippen LogP contribution in [0.2, 0.25) is 0 Å². The molecule has 2 N–H and O–H groups in total. The van der Waals surface area contributed by atoms with Crippen LogP contribution >= 0.6 is 24.0 Å². The molecule has 1 unspecified atom stereocenters. The topological polar surface area (TPSA) is 54.9 Å². The molecule has 2 aromatic rings. The molecule has 0 saturated carbocycles. The van der Waals surface area contributed by atoms with Crippen LogP contribution in [0.1, 0.15) is 36.1 Å². The molecule has 7 heteroatoms. The second-order valence-corrected chi connectivity index (χ2v) is 6.63. The van der Waals surface area contributed by atoms with E-state index < -0.39 is 0 Å². The minimum atomic E-state index is -0.198. The van der Waals surface area contributed by atoms with Crippen molar-refractivity contribution in [1.29, 1.82) is 0 Å². The molecular weight excluding hydrogens is 472 g/mol. The van der Waals surface area contributed by atoms with E-state index in [0.29, 0.717) is 31.3 Å². The zero-order valence-electron chi connectivity index (χ0n) is 16.4. The molecular formula is C21H27FIN3O2. The summed E-state index contributed by atoms with van der Waals surface area (Å²) in [5.41, 5.74) is 2.58. The molecule has 1 heterocycles. The molecule has 0 saturated heterocycles. The molecule has 1 atom stereocenters. The van der Waals surface area contributed by atoms with Crippen molar-refractivity contribution >= 4 is 29.9 Å². The highest BCUT2D eigenvalue weighted by Gasteiger charge is 2.12. The fourth-order valence-corrected chi connectivity index (χ4v) is 2.86. The van der Waals surface area contributed by atoms with Crippen LogP contribution in [0.25, 0.3) is 0 Å². The number of aryl methyl sites for hydroxylation is 1. The van der Waals surface area contributed by atoms with Gasteiger partial charge in [0.25, 0.3) is 0 Å². The number of aliphatic imine (C=N–C) groups is 1. The van der Waals surface area contributed by atoms with Crippen molar-refractivity contribution in [3.8, 4) is 11.5 Å². The molecule has 1 aliphatic heterocycles. The van der Waals surface area contributed by atoms with Crippen molar-refractivity contribution in [2.75, 3.05) is 20.3 Å². The Hall–Kier alpha value is -2.03. The van der Waals surface area contributed by atoms with E-state index in [9.17, 15) is 4.39 Å². The number of hydrogen-bond acceptors (Lipinski definition) is 3. The number of rotatable bonds is 4. The zero-order chi connectivity index (χ0) is 19.2. The van der Waals surface area contributed by atoms with E-state index >= 15 is 0 Å². The van der Waals surface area contributed by atoms with Crippen molar-refractivity contribution in [2.24, 2.45) is 4.99 Å². The van der Waals surface area contributed by atoms with E-state index in [0.717, 1.165) is 29.0 Å². The highest BCUT2D eigenvalue weighted by atomic mass is 127. The minimum absolute atomic E-state index is 0. The molecule has 3 rings (SSSR count). The Bertz CT molecular complexity index is 829. The average molecular weight is 499 g/mol. The Morgan fingerprint density at radius 1 is 1.14 bits per heavy atom. The molecule has 0 aromatic heterocycles. The van der Waals surface area contributed by atoms with E-state index in [2.05, 4.69) is 15.6 Å². The predicted molar refractivity (Wildman–Crippen MR) is 120 cm³/mol. The summed E-state index contributed by atoms with van der Waals surface area (Å²) in [6.45, 7) is 5.67. The molecule has 152 valence electrons. The number of fused-ring (bicyclic) bond motifs is 1. The fraction of sp³-hybridized carbons (Fsp3) is 0.381. The van der Waals surface area contributed by atoms with E-state index in [1.165, 1.54) is 0 Å². The Morgan fingerprint density at radius 2 is 1.89 bits per heavy atom. The van der Waals surface area contributed by atoms with Crippen LogP contribution in [0, 0.1) is 12.7 Å². The third kappa shape index (κ3) is 5.73. The molecule has 0 fully saturated rings. The van der Waals surface area contributed by atoms with Crippen molar-refractivity contribution in [3.05, 3.63) is 58.9 Å². The first kappa shape index (κ1) is 22.3. The number of benzene rings is 2. The lowest BCUT2D eigenvalue weighted by Crippen LogP contribution is -2.38. The number of guanidine groups is 1. The third-order valence-electron chi connectivity index (χ3n) is 4.54.